The lowest BCUT2D eigenvalue weighted by Crippen LogP contribution is -2.58. The molecule has 2 aliphatic heterocycles. The Morgan fingerprint density at radius 3 is 2.56 bits per heavy atom. The summed E-state index contributed by atoms with van der Waals surface area (Å²) in [6.45, 7) is 6.92. The van der Waals surface area contributed by atoms with Gasteiger partial charge in [-0.2, -0.15) is 0 Å². The third-order valence-corrected chi connectivity index (χ3v) is 5.88. The molecule has 0 bridgehead atoms. The van der Waals surface area contributed by atoms with Crippen molar-refractivity contribution in [3.8, 4) is 0 Å². The van der Waals surface area contributed by atoms with E-state index in [0.29, 0.717) is 6.04 Å². The predicted octanol–water partition coefficient (Wildman–Crippen LogP) is 0.756. The number of nitrogens with zero attached hydrogens (tertiary/aromatic N) is 5. The van der Waals surface area contributed by atoms with Gasteiger partial charge in [0, 0.05) is 52.4 Å². The van der Waals surface area contributed by atoms with Crippen LogP contribution in [0.25, 0.3) is 11.0 Å². The average Bonchev–Trinajstić information content (AvgIpc) is 2.92. The van der Waals surface area contributed by atoms with Gasteiger partial charge in [-0.25, -0.2) is 4.98 Å². The summed E-state index contributed by atoms with van der Waals surface area (Å²) < 4.78 is 2.17. The fourth-order valence-electron chi connectivity index (χ4n) is 4.24. The number of benzene rings is 1. The maximum absolute atomic E-state index is 10.7. The molecule has 136 valence electrons. The maximum atomic E-state index is 10.7. The second kappa shape index (κ2) is 7.03. The first-order chi connectivity index (χ1) is 12.1. The molecule has 1 aromatic heterocycles. The topological polar surface area (TPSA) is 47.8 Å². The molecule has 0 unspecified atom stereocenters. The van der Waals surface area contributed by atoms with Crippen LogP contribution >= 0.6 is 0 Å². The molecule has 6 heteroatoms. The zero-order chi connectivity index (χ0) is 17.4. The number of piperazine rings is 1. The van der Waals surface area contributed by atoms with E-state index >= 15 is 0 Å². The normalized spacial score (nSPS) is 27.2. The summed E-state index contributed by atoms with van der Waals surface area (Å²) in [5.74, 6) is 1.08. The minimum absolute atomic E-state index is 0.271. The van der Waals surface area contributed by atoms with Crippen molar-refractivity contribution in [1.29, 1.82) is 0 Å². The lowest BCUT2D eigenvalue weighted by molar-refractivity contribution is -0.0292. The van der Waals surface area contributed by atoms with Crippen molar-refractivity contribution < 1.29 is 5.11 Å². The van der Waals surface area contributed by atoms with Crippen molar-refractivity contribution >= 4 is 11.0 Å². The number of β-amino-alcohol motifs (C(OH)–C–C–N with tert-alkyl or cyclic N) is 1. The highest BCUT2D eigenvalue weighted by molar-refractivity contribution is 5.75. The molecule has 0 spiro atoms. The molecule has 2 aromatic rings. The van der Waals surface area contributed by atoms with Crippen LogP contribution in [-0.4, -0.2) is 87.8 Å². The Bertz CT molecular complexity index is 722. The van der Waals surface area contributed by atoms with Crippen molar-refractivity contribution in [3.63, 3.8) is 0 Å². The van der Waals surface area contributed by atoms with Crippen molar-refractivity contribution in [2.45, 2.75) is 25.1 Å². The van der Waals surface area contributed by atoms with E-state index in [1.165, 1.54) is 5.52 Å². The van der Waals surface area contributed by atoms with Gasteiger partial charge in [0.25, 0.3) is 0 Å². The Morgan fingerprint density at radius 2 is 1.84 bits per heavy atom. The lowest BCUT2D eigenvalue weighted by atomic mass is 9.99. The predicted molar refractivity (Wildman–Crippen MR) is 99.5 cm³/mol. The molecule has 6 nitrogen and oxygen atoms in total. The molecule has 0 radical (unpaired) electrons. The second-order valence-electron chi connectivity index (χ2n) is 7.57. The first-order valence-electron chi connectivity index (χ1n) is 9.35. The zero-order valence-corrected chi connectivity index (χ0v) is 15.3. The Morgan fingerprint density at radius 1 is 1.08 bits per heavy atom. The van der Waals surface area contributed by atoms with Crippen LogP contribution in [0.4, 0.5) is 0 Å². The molecule has 3 heterocycles. The molecule has 4 rings (SSSR count). The van der Waals surface area contributed by atoms with Crippen LogP contribution in [0, 0.1) is 0 Å². The summed E-state index contributed by atoms with van der Waals surface area (Å²) in [4.78, 5) is 12.0. The van der Waals surface area contributed by atoms with E-state index in [4.69, 9.17) is 4.98 Å². The summed E-state index contributed by atoms with van der Waals surface area (Å²) in [6, 6.07) is 8.57. The van der Waals surface area contributed by atoms with Crippen molar-refractivity contribution in [3.05, 3.63) is 30.1 Å². The highest BCUT2D eigenvalue weighted by Gasteiger charge is 2.33. The number of hydrogen-bond donors (Lipinski definition) is 1. The van der Waals surface area contributed by atoms with Gasteiger partial charge >= 0.3 is 0 Å². The van der Waals surface area contributed by atoms with Gasteiger partial charge in [0.05, 0.1) is 23.7 Å². The number of aromatic nitrogens is 2. The van der Waals surface area contributed by atoms with Gasteiger partial charge in [-0.3, -0.25) is 9.80 Å². The summed E-state index contributed by atoms with van der Waals surface area (Å²) in [6.07, 6.45) is 0.765. The Hall–Kier alpha value is -1.47. The third kappa shape index (κ3) is 3.44. The Kier molecular flexibility index (Phi) is 4.78. The minimum atomic E-state index is -0.271. The van der Waals surface area contributed by atoms with Gasteiger partial charge in [-0.1, -0.05) is 12.1 Å². The van der Waals surface area contributed by atoms with E-state index < -0.39 is 0 Å². The molecular weight excluding hydrogens is 314 g/mol. The fraction of sp³-hybridized carbons (Fsp3) is 0.632. The van der Waals surface area contributed by atoms with Gasteiger partial charge in [-0.05, 0) is 25.6 Å². The van der Waals surface area contributed by atoms with Crippen LogP contribution in [0.15, 0.2) is 24.3 Å². The van der Waals surface area contributed by atoms with Crippen LogP contribution in [0.1, 0.15) is 12.2 Å². The fourth-order valence-corrected chi connectivity index (χ4v) is 4.24. The Balaban J connectivity index is 1.39. The molecule has 25 heavy (non-hydrogen) atoms. The monoisotopic (exact) mass is 343 g/mol. The van der Waals surface area contributed by atoms with E-state index in [9.17, 15) is 5.11 Å². The van der Waals surface area contributed by atoms with Crippen molar-refractivity contribution in [2.75, 3.05) is 46.3 Å². The number of fused-ring (bicyclic) bond motifs is 1. The van der Waals surface area contributed by atoms with E-state index in [2.05, 4.69) is 51.6 Å². The molecular formula is C19H29N5O. The van der Waals surface area contributed by atoms with Gasteiger partial charge < -0.3 is 14.6 Å². The number of rotatable bonds is 3. The molecule has 0 saturated carbocycles. The van der Waals surface area contributed by atoms with Crippen LogP contribution in [0.5, 0.6) is 0 Å². The second-order valence-corrected chi connectivity index (χ2v) is 7.57. The van der Waals surface area contributed by atoms with Gasteiger partial charge in [0.15, 0.2) is 0 Å². The summed E-state index contributed by atoms with van der Waals surface area (Å²) in [7, 11) is 4.26. The quantitative estimate of drug-likeness (QED) is 0.891. The van der Waals surface area contributed by atoms with Crippen LogP contribution in [0.2, 0.25) is 0 Å². The van der Waals surface area contributed by atoms with E-state index in [-0.39, 0.29) is 6.10 Å². The van der Waals surface area contributed by atoms with E-state index in [1.54, 1.807) is 0 Å². The number of likely N-dealkylation sites (tertiary alicyclic amines) is 1. The minimum Gasteiger partial charge on any atom is -0.390 e. The first kappa shape index (κ1) is 17.0. The number of piperidine rings is 1. The smallest absolute Gasteiger partial charge is 0.123 e. The van der Waals surface area contributed by atoms with Gasteiger partial charge in [-0.15, -0.1) is 0 Å². The number of aliphatic hydroxyl groups is 1. The number of hydrogen-bond acceptors (Lipinski definition) is 5. The van der Waals surface area contributed by atoms with Crippen molar-refractivity contribution in [2.24, 2.45) is 7.05 Å². The Labute approximate surface area is 149 Å². The zero-order valence-electron chi connectivity index (χ0n) is 15.3. The van der Waals surface area contributed by atoms with Crippen LogP contribution < -0.4 is 0 Å². The summed E-state index contributed by atoms with van der Waals surface area (Å²) in [5.41, 5.74) is 2.22. The first-order valence-corrected chi connectivity index (χ1v) is 9.35. The summed E-state index contributed by atoms with van der Waals surface area (Å²) >= 11 is 0. The average molecular weight is 343 g/mol. The molecule has 1 N–H and O–H groups in total. The highest BCUT2D eigenvalue weighted by atomic mass is 16.3. The summed E-state index contributed by atoms with van der Waals surface area (Å²) in [5, 5.41) is 10.7. The molecule has 2 atom stereocenters. The third-order valence-electron chi connectivity index (χ3n) is 5.88. The van der Waals surface area contributed by atoms with Crippen LogP contribution in [0.3, 0.4) is 0 Å². The molecule has 2 fully saturated rings. The molecule has 2 saturated heterocycles. The lowest BCUT2D eigenvalue weighted by Gasteiger charge is -2.44. The molecule has 0 amide bonds. The number of likely N-dealkylation sites (N-methyl/N-ethyl adjacent to an activating group) is 1. The number of aliphatic hydroxyl groups excluding tert-OH is 1. The van der Waals surface area contributed by atoms with Gasteiger partial charge in [0.1, 0.15) is 5.82 Å². The van der Waals surface area contributed by atoms with Gasteiger partial charge in [0.2, 0.25) is 0 Å². The van der Waals surface area contributed by atoms with E-state index in [1.807, 2.05) is 6.07 Å². The number of aryl methyl sites for hydroxylation is 1. The maximum Gasteiger partial charge on any atom is 0.123 e. The SMILES string of the molecule is CN1CCN([C@@H]2CCN(Cc3nc4ccccc4n3C)C[C@H]2O)CC1. The van der Waals surface area contributed by atoms with E-state index in [0.717, 1.165) is 63.6 Å². The number of para-hydroxylation sites is 2. The number of imidazole rings is 1. The molecule has 0 aliphatic carbocycles. The van der Waals surface area contributed by atoms with Crippen LogP contribution in [-0.2, 0) is 13.6 Å². The molecule has 1 aromatic carbocycles. The van der Waals surface area contributed by atoms with Crippen molar-refractivity contribution in [1.82, 2.24) is 24.3 Å². The largest absolute Gasteiger partial charge is 0.390 e. The molecule has 2 aliphatic rings. The highest BCUT2D eigenvalue weighted by Crippen LogP contribution is 2.21. The standard InChI is InChI=1S/C19H29N5O/c1-21-9-11-24(12-10-21)17-7-8-23(13-18(17)25)14-19-20-15-5-3-4-6-16(15)22(19)2/h3-6,17-18,25H,7-14H2,1-2H3/t17-,18-/m1/s1.